The van der Waals surface area contributed by atoms with Crippen molar-refractivity contribution in [2.24, 2.45) is 0 Å². The molecule has 0 saturated heterocycles. The van der Waals surface area contributed by atoms with Crippen molar-refractivity contribution >= 4 is 11.6 Å². The largest absolute Gasteiger partial charge is 0.458 e. The van der Waals surface area contributed by atoms with E-state index in [1.54, 1.807) is 0 Å². The number of rotatable bonds is 2. The fourth-order valence-corrected chi connectivity index (χ4v) is 2.63. The molecule has 0 spiro atoms. The molecule has 0 aliphatic heterocycles. The number of aryl methyl sites for hydroxylation is 2. The Morgan fingerprint density at radius 1 is 1.22 bits per heavy atom. The summed E-state index contributed by atoms with van der Waals surface area (Å²) in [4.78, 5) is 8.97. The number of aromatic nitrogens is 2. The van der Waals surface area contributed by atoms with E-state index in [-0.39, 0.29) is 0 Å². The molecule has 1 aliphatic carbocycles. The molecule has 0 aromatic carbocycles. The second-order valence-corrected chi connectivity index (χ2v) is 4.95. The lowest BCUT2D eigenvalue weighted by Gasteiger charge is -2.15. The predicted molar refractivity (Wildman–Crippen MR) is 70.8 cm³/mol. The zero-order valence-corrected chi connectivity index (χ0v) is 11.1. The Balaban J connectivity index is 2.04. The third-order valence-corrected chi connectivity index (χ3v) is 3.68. The van der Waals surface area contributed by atoms with E-state index < -0.39 is 0 Å². The van der Waals surface area contributed by atoms with Crippen molar-refractivity contribution in [1.29, 1.82) is 0 Å². The van der Waals surface area contributed by atoms with Gasteiger partial charge in [-0.25, -0.2) is 9.97 Å². The maximum atomic E-state index is 6.25. The molecule has 0 atom stereocenters. The Morgan fingerprint density at radius 2 is 2.06 bits per heavy atom. The fourth-order valence-electron chi connectivity index (χ4n) is 2.35. The standard InChI is InChI=1S/C14H15ClN2O/c1-2-9-7-8-12(18-9)14-16-11-6-4-3-5-10(11)13(15)17-14/h7-8H,2-6H2,1H3. The minimum atomic E-state index is 0.587. The van der Waals surface area contributed by atoms with Crippen LogP contribution in [0.5, 0.6) is 0 Å². The summed E-state index contributed by atoms with van der Waals surface area (Å²) in [6.45, 7) is 2.06. The van der Waals surface area contributed by atoms with Gasteiger partial charge < -0.3 is 4.42 Å². The Morgan fingerprint density at radius 3 is 2.83 bits per heavy atom. The number of fused-ring (bicyclic) bond motifs is 1. The maximum Gasteiger partial charge on any atom is 0.197 e. The van der Waals surface area contributed by atoms with E-state index in [1.807, 2.05) is 12.1 Å². The first-order valence-electron chi connectivity index (χ1n) is 6.42. The molecule has 94 valence electrons. The van der Waals surface area contributed by atoms with E-state index in [2.05, 4.69) is 16.9 Å². The molecule has 0 amide bonds. The van der Waals surface area contributed by atoms with E-state index in [9.17, 15) is 0 Å². The first kappa shape index (κ1) is 11.7. The van der Waals surface area contributed by atoms with E-state index in [0.29, 0.717) is 16.7 Å². The van der Waals surface area contributed by atoms with Crippen LogP contribution < -0.4 is 0 Å². The third kappa shape index (κ3) is 2.03. The fraction of sp³-hybridized carbons (Fsp3) is 0.429. The summed E-state index contributed by atoms with van der Waals surface area (Å²) in [5, 5.41) is 0.587. The smallest absolute Gasteiger partial charge is 0.197 e. The molecular formula is C14H15ClN2O. The summed E-state index contributed by atoms with van der Waals surface area (Å²) in [5.74, 6) is 2.27. The molecule has 2 aromatic heterocycles. The zero-order chi connectivity index (χ0) is 12.5. The van der Waals surface area contributed by atoms with Crippen molar-refractivity contribution in [3.8, 4) is 11.6 Å². The Bertz CT molecular complexity index is 577. The first-order chi connectivity index (χ1) is 8.78. The summed E-state index contributed by atoms with van der Waals surface area (Å²) in [5.41, 5.74) is 2.21. The van der Waals surface area contributed by atoms with Crippen LogP contribution in [-0.2, 0) is 19.3 Å². The van der Waals surface area contributed by atoms with E-state index in [0.717, 1.165) is 36.3 Å². The average Bonchev–Trinajstić information content (AvgIpc) is 2.87. The number of hydrogen-bond donors (Lipinski definition) is 0. The molecule has 4 heteroatoms. The lowest BCUT2D eigenvalue weighted by atomic mass is 9.97. The molecule has 3 rings (SSSR count). The SMILES string of the molecule is CCc1ccc(-c2nc(Cl)c3c(n2)CCCC3)o1. The molecule has 2 aromatic rings. The number of furan rings is 1. The highest BCUT2D eigenvalue weighted by Gasteiger charge is 2.18. The molecule has 0 bridgehead atoms. The average molecular weight is 263 g/mol. The van der Waals surface area contributed by atoms with Crippen LogP contribution in [0.4, 0.5) is 0 Å². The molecule has 1 aliphatic rings. The Labute approximate surface area is 111 Å². The first-order valence-corrected chi connectivity index (χ1v) is 6.80. The lowest BCUT2D eigenvalue weighted by Crippen LogP contribution is -2.08. The van der Waals surface area contributed by atoms with Gasteiger partial charge in [-0.2, -0.15) is 0 Å². The normalized spacial score (nSPS) is 14.6. The zero-order valence-electron chi connectivity index (χ0n) is 10.4. The van der Waals surface area contributed by atoms with Gasteiger partial charge in [0.15, 0.2) is 11.6 Å². The van der Waals surface area contributed by atoms with Crippen LogP contribution in [0.25, 0.3) is 11.6 Å². The summed E-state index contributed by atoms with van der Waals surface area (Å²) < 4.78 is 5.68. The van der Waals surface area contributed by atoms with Crippen molar-refractivity contribution in [2.45, 2.75) is 39.0 Å². The minimum Gasteiger partial charge on any atom is -0.458 e. The van der Waals surface area contributed by atoms with Gasteiger partial charge in [0.2, 0.25) is 0 Å². The highest BCUT2D eigenvalue weighted by atomic mass is 35.5. The molecule has 18 heavy (non-hydrogen) atoms. The van der Waals surface area contributed by atoms with Crippen LogP contribution in [0.2, 0.25) is 5.15 Å². The van der Waals surface area contributed by atoms with Gasteiger partial charge in [-0.15, -0.1) is 0 Å². The predicted octanol–water partition coefficient (Wildman–Crippen LogP) is 3.83. The molecule has 2 heterocycles. The van der Waals surface area contributed by atoms with Gasteiger partial charge in [0.25, 0.3) is 0 Å². The maximum absolute atomic E-state index is 6.25. The Hall–Kier alpha value is -1.35. The van der Waals surface area contributed by atoms with Gasteiger partial charge in [0, 0.05) is 17.7 Å². The minimum absolute atomic E-state index is 0.587. The number of halogens is 1. The number of hydrogen-bond acceptors (Lipinski definition) is 3. The summed E-state index contributed by atoms with van der Waals surface area (Å²) in [7, 11) is 0. The van der Waals surface area contributed by atoms with Gasteiger partial charge in [0.1, 0.15) is 10.9 Å². The van der Waals surface area contributed by atoms with Crippen LogP contribution in [0.3, 0.4) is 0 Å². The van der Waals surface area contributed by atoms with E-state index in [4.69, 9.17) is 16.0 Å². The van der Waals surface area contributed by atoms with Gasteiger partial charge in [0.05, 0.1) is 0 Å². The summed E-state index contributed by atoms with van der Waals surface area (Å²) in [6.07, 6.45) is 5.21. The van der Waals surface area contributed by atoms with Crippen molar-refractivity contribution in [2.75, 3.05) is 0 Å². The molecule has 0 saturated carbocycles. The van der Waals surface area contributed by atoms with Gasteiger partial charge in [-0.1, -0.05) is 18.5 Å². The number of nitrogens with zero attached hydrogens (tertiary/aromatic N) is 2. The third-order valence-electron chi connectivity index (χ3n) is 3.36. The van der Waals surface area contributed by atoms with Crippen LogP contribution in [-0.4, -0.2) is 9.97 Å². The summed E-state index contributed by atoms with van der Waals surface area (Å²) >= 11 is 6.25. The molecule has 0 fully saturated rings. The molecular weight excluding hydrogens is 248 g/mol. The molecule has 0 N–H and O–H groups in total. The van der Waals surface area contributed by atoms with E-state index >= 15 is 0 Å². The molecule has 3 nitrogen and oxygen atoms in total. The molecule has 0 unspecified atom stereocenters. The van der Waals surface area contributed by atoms with Crippen molar-refractivity contribution in [3.63, 3.8) is 0 Å². The van der Waals surface area contributed by atoms with Crippen LogP contribution in [0.15, 0.2) is 16.5 Å². The van der Waals surface area contributed by atoms with Crippen LogP contribution >= 0.6 is 11.6 Å². The second kappa shape index (κ2) is 4.73. The van der Waals surface area contributed by atoms with Crippen LogP contribution in [0.1, 0.15) is 36.8 Å². The van der Waals surface area contributed by atoms with Gasteiger partial charge >= 0.3 is 0 Å². The van der Waals surface area contributed by atoms with Crippen LogP contribution in [0, 0.1) is 0 Å². The van der Waals surface area contributed by atoms with Crippen molar-refractivity contribution < 1.29 is 4.42 Å². The quantitative estimate of drug-likeness (QED) is 0.772. The second-order valence-electron chi connectivity index (χ2n) is 4.59. The summed E-state index contributed by atoms with van der Waals surface area (Å²) in [6, 6.07) is 3.88. The highest BCUT2D eigenvalue weighted by molar-refractivity contribution is 6.30. The molecule has 0 radical (unpaired) electrons. The lowest BCUT2D eigenvalue weighted by molar-refractivity contribution is 0.524. The van der Waals surface area contributed by atoms with E-state index in [1.165, 1.54) is 12.8 Å². The topological polar surface area (TPSA) is 38.9 Å². The van der Waals surface area contributed by atoms with Crippen molar-refractivity contribution in [1.82, 2.24) is 9.97 Å². The van der Waals surface area contributed by atoms with Gasteiger partial charge in [-0.3, -0.25) is 0 Å². The van der Waals surface area contributed by atoms with Gasteiger partial charge in [-0.05, 0) is 37.8 Å². The Kier molecular flexibility index (Phi) is 3.08. The van der Waals surface area contributed by atoms with Crippen molar-refractivity contribution in [3.05, 3.63) is 34.3 Å². The monoisotopic (exact) mass is 262 g/mol. The highest BCUT2D eigenvalue weighted by Crippen LogP contribution is 2.28.